The lowest BCUT2D eigenvalue weighted by Crippen LogP contribution is -2.32. The molecule has 10 heteroatoms. The fourth-order valence-electron chi connectivity index (χ4n) is 3.27. The lowest BCUT2D eigenvalue weighted by atomic mass is 9.99. The Morgan fingerprint density at radius 3 is 2.70 bits per heavy atom. The van der Waals surface area contributed by atoms with Crippen molar-refractivity contribution in [1.29, 1.82) is 0 Å². The van der Waals surface area contributed by atoms with Crippen LogP contribution in [0.4, 0.5) is 5.13 Å². The van der Waals surface area contributed by atoms with E-state index in [1.54, 1.807) is 13.8 Å². The van der Waals surface area contributed by atoms with E-state index in [9.17, 15) is 13.2 Å². The number of hydrogen-bond acceptors (Lipinski definition) is 6. The van der Waals surface area contributed by atoms with Gasteiger partial charge in [-0.05, 0) is 63.9 Å². The number of halogens is 1. The number of hydrogen-bond donors (Lipinski definition) is 2. The number of anilines is 1. The van der Waals surface area contributed by atoms with Gasteiger partial charge in [-0.1, -0.05) is 18.5 Å². The molecule has 1 aliphatic rings. The van der Waals surface area contributed by atoms with Crippen LogP contribution in [0.5, 0.6) is 0 Å². The molecule has 1 amide bonds. The Bertz CT molecular complexity index is 999. The van der Waals surface area contributed by atoms with Gasteiger partial charge in [0.05, 0.1) is 21.2 Å². The van der Waals surface area contributed by atoms with Crippen molar-refractivity contribution in [2.24, 2.45) is 5.92 Å². The van der Waals surface area contributed by atoms with Crippen molar-refractivity contribution < 1.29 is 13.2 Å². The van der Waals surface area contributed by atoms with Gasteiger partial charge in [-0.15, -0.1) is 11.3 Å². The summed E-state index contributed by atoms with van der Waals surface area (Å²) >= 11 is 7.50. The second kappa shape index (κ2) is 9.74. The molecule has 164 valence electrons. The summed E-state index contributed by atoms with van der Waals surface area (Å²) in [6, 6.07) is 3.81. The number of sulfonamides is 1. The summed E-state index contributed by atoms with van der Waals surface area (Å²) in [4.78, 5) is 19.6. The van der Waals surface area contributed by atoms with Crippen LogP contribution >= 0.6 is 22.9 Å². The predicted molar refractivity (Wildman–Crippen MR) is 121 cm³/mol. The SMILES string of the molecule is CC1CCN(Cc2csc(NC(=O)c3cc(S(=O)(=O)NC(C)C)ccc3Cl)n2)CC1. The molecule has 2 aromatic rings. The van der Waals surface area contributed by atoms with Crippen LogP contribution in [-0.4, -0.2) is 43.3 Å². The Balaban J connectivity index is 1.69. The van der Waals surface area contributed by atoms with Gasteiger partial charge in [-0.25, -0.2) is 18.1 Å². The smallest absolute Gasteiger partial charge is 0.259 e. The molecule has 1 aromatic heterocycles. The molecule has 3 rings (SSSR count). The average molecular weight is 471 g/mol. The summed E-state index contributed by atoms with van der Waals surface area (Å²) in [7, 11) is -3.73. The van der Waals surface area contributed by atoms with Gasteiger partial charge in [0.1, 0.15) is 0 Å². The number of aromatic nitrogens is 1. The first kappa shape index (κ1) is 23.1. The van der Waals surface area contributed by atoms with E-state index in [2.05, 4.69) is 26.8 Å². The topological polar surface area (TPSA) is 91.4 Å². The number of amides is 1. The van der Waals surface area contributed by atoms with E-state index in [0.717, 1.165) is 31.2 Å². The van der Waals surface area contributed by atoms with Crippen molar-refractivity contribution in [3.8, 4) is 0 Å². The Morgan fingerprint density at radius 1 is 1.33 bits per heavy atom. The van der Waals surface area contributed by atoms with Crippen LogP contribution in [0.15, 0.2) is 28.5 Å². The number of piperidine rings is 1. The third kappa shape index (κ3) is 6.01. The van der Waals surface area contributed by atoms with E-state index >= 15 is 0 Å². The third-order valence-electron chi connectivity index (χ3n) is 4.92. The number of rotatable bonds is 7. The van der Waals surface area contributed by atoms with Crippen molar-refractivity contribution in [3.63, 3.8) is 0 Å². The first-order valence-corrected chi connectivity index (χ1v) is 12.7. The Labute approximate surface area is 186 Å². The zero-order valence-corrected chi connectivity index (χ0v) is 19.7. The van der Waals surface area contributed by atoms with Crippen LogP contribution in [-0.2, 0) is 16.6 Å². The maximum Gasteiger partial charge on any atom is 0.259 e. The highest BCUT2D eigenvalue weighted by Gasteiger charge is 2.21. The fourth-order valence-corrected chi connectivity index (χ4v) is 5.45. The molecular weight excluding hydrogens is 444 g/mol. The standard InChI is InChI=1S/C20H27ClN4O3S2/c1-13(2)24-30(27,28)16-4-5-18(21)17(10-16)19(26)23-20-22-15(12-29-20)11-25-8-6-14(3)7-9-25/h4-5,10,12-14,24H,6-9,11H2,1-3H3,(H,22,23,26). The number of nitrogens with zero attached hydrogens (tertiary/aromatic N) is 2. The number of carbonyl (C=O) groups is 1. The van der Waals surface area contributed by atoms with Gasteiger partial charge in [-0.3, -0.25) is 15.0 Å². The van der Waals surface area contributed by atoms with Crippen molar-refractivity contribution in [3.05, 3.63) is 39.9 Å². The molecule has 1 aliphatic heterocycles. The molecule has 0 radical (unpaired) electrons. The lowest BCUT2D eigenvalue weighted by molar-refractivity contribution is 0.102. The van der Waals surface area contributed by atoms with Gasteiger partial charge in [-0.2, -0.15) is 0 Å². The summed E-state index contributed by atoms with van der Waals surface area (Å²) in [5.41, 5.74) is 0.999. The highest BCUT2D eigenvalue weighted by Crippen LogP contribution is 2.24. The minimum Gasteiger partial charge on any atom is -0.298 e. The molecule has 1 fully saturated rings. The minimum absolute atomic E-state index is 0.00935. The van der Waals surface area contributed by atoms with Crippen LogP contribution in [0.25, 0.3) is 0 Å². The Hall–Kier alpha value is -1.52. The first-order chi connectivity index (χ1) is 14.1. The second-order valence-electron chi connectivity index (χ2n) is 7.97. The van der Waals surface area contributed by atoms with E-state index in [-0.39, 0.29) is 21.5 Å². The van der Waals surface area contributed by atoms with E-state index in [4.69, 9.17) is 11.6 Å². The van der Waals surface area contributed by atoms with Gasteiger partial charge in [0.2, 0.25) is 10.0 Å². The van der Waals surface area contributed by atoms with Crippen LogP contribution in [0.3, 0.4) is 0 Å². The molecule has 0 spiro atoms. The second-order valence-corrected chi connectivity index (χ2v) is 11.0. The summed E-state index contributed by atoms with van der Waals surface area (Å²) in [6.45, 7) is 8.60. The van der Waals surface area contributed by atoms with Crippen LogP contribution in [0.2, 0.25) is 5.02 Å². The maximum atomic E-state index is 12.7. The van der Waals surface area contributed by atoms with Crippen molar-refractivity contribution in [2.45, 2.75) is 51.1 Å². The summed E-state index contributed by atoms with van der Waals surface area (Å²) in [5, 5.41) is 5.31. The van der Waals surface area contributed by atoms with Gasteiger partial charge < -0.3 is 0 Å². The van der Waals surface area contributed by atoms with Crippen molar-refractivity contribution in [1.82, 2.24) is 14.6 Å². The van der Waals surface area contributed by atoms with E-state index in [1.807, 2.05) is 5.38 Å². The number of carbonyl (C=O) groups excluding carboxylic acids is 1. The van der Waals surface area contributed by atoms with Crippen LogP contribution in [0, 0.1) is 5.92 Å². The predicted octanol–water partition coefficient (Wildman–Crippen LogP) is 3.97. The Morgan fingerprint density at radius 2 is 2.03 bits per heavy atom. The van der Waals surface area contributed by atoms with E-state index in [1.165, 1.54) is 42.4 Å². The zero-order chi connectivity index (χ0) is 21.9. The van der Waals surface area contributed by atoms with Gasteiger partial charge in [0.15, 0.2) is 5.13 Å². The largest absolute Gasteiger partial charge is 0.298 e. The molecular formula is C20H27ClN4O3S2. The monoisotopic (exact) mass is 470 g/mol. The van der Waals surface area contributed by atoms with Crippen LogP contribution < -0.4 is 10.0 Å². The number of likely N-dealkylation sites (tertiary alicyclic amines) is 1. The average Bonchev–Trinajstić information content (AvgIpc) is 3.09. The third-order valence-corrected chi connectivity index (χ3v) is 7.71. The molecule has 1 aromatic carbocycles. The summed E-state index contributed by atoms with van der Waals surface area (Å²) in [5.74, 6) is 0.279. The number of nitrogens with one attached hydrogen (secondary N) is 2. The number of benzene rings is 1. The Kier molecular flexibility index (Phi) is 7.52. The lowest BCUT2D eigenvalue weighted by Gasteiger charge is -2.29. The molecule has 0 saturated carbocycles. The zero-order valence-electron chi connectivity index (χ0n) is 17.3. The van der Waals surface area contributed by atoms with Gasteiger partial charge in [0, 0.05) is 18.0 Å². The van der Waals surface area contributed by atoms with Crippen molar-refractivity contribution in [2.75, 3.05) is 18.4 Å². The van der Waals surface area contributed by atoms with Gasteiger partial charge in [0.25, 0.3) is 5.91 Å². The molecule has 2 heterocycles. The molecule has 1 saturated heterocycles. The van der Waals surface area contributed by atoms with E-state index < -0.39 is 15.9 Å². The van der Waals surface area contributed by atoms with E-state index in [0.29, 0.717) is 5.13 Å². The molecule has 0 unspecified atom stereocenters. The molecule has 0 atom stereocenters. The summed E-state index contributed by atoms with van der Waals surface area (Å²) < 4.78 is 27.3. The van der Waals surface area contributed by atoms with Crippen LogP contribution in [0.1, 0.15) is 49.7 Å². The molecule has 0 aliphatic carbocycles. The molecule has 2 N–H and O–H groups in total. The fraction of sp³-hybridized carbons (Fsp3) is 0.500. The van der Waals surface area contributed by atoms with Gasteiger partial charge >= 0.3 is 0 Å². The first-order valence-electron chi connectivity index (χ1n) is 9.94. The molecule has 0 bridgehead atoms. The highest BCUT2D eigenvalue weighted by molar-refractivity contribution is 7.89. The normalized spacial score (nSPS) is 16.2. The minimum atomic E-state index is -3.73. The highest BCUT2D eigenvalue weighted by atomic mass is 35.5. The molecule has 7 nitrogen and oxygen atoms in total. The summed E-state index contributed by atoms with van der Waals surface area (Å²) in [6.07, 6.45) is 2.38. The molecule has 30 heavy (non-hydrogen) atoms. The van der Waals surface area contributed by atoms with Crippen molar-refractivity contribution >= 4 is 44.0 Å². The maximum absolute atomic E-state index is 12.7. The number of thiazole rings is 1. The quantitative estimate of drug-likeness (QED) is 0.638.